The smallest absolute Gasteiger partial charge is 0.268 e. The molecule has 6 heteroatoms. The molecule has 0 radical (unpaired) electrons. The van der Waals surface area contributed by atoms with E-state index in [9.17, 15) is 4.79 Å². The van der Waals surface area contributed by atoms with Gasteiger partial charge in [-0.05, 0) is 30.3 Å². The highest BCUT2D eigenvalue weighted by molar-refractivity contribution is 6.34. The molecule has 0 fully saturated rings. The van der Waals surface area contributed by atoms with Gasteiger partial charge in [-0.1, -0.05) is 29.8 Å². The van der Waals surface area contributed by atoms with Gasteiger partial charge in [-0.2, -0.15) is 0 Å². The summed E-state index contributed by atoms with van der Waals surface area (Å²) in [5.74, 6) is -0.162. The zero-order valence-corrected chi connectivity index (χ0v) is 14.1. The van der Waals surface area contributed by atoms with Crippen LogP contribution >= 0.6 is 11.6 Å². The molecule has 0 aliphatic carbocycles. The van der Waals surface area contributed by atoms with Crippen LogP contribution in [0.4, 0.5) is 17.1 Å². The van der Waals surface area contributed by atoms with Crippen molar-refractivity contribution in [3.8, 4) is 0 Å². The van der Waals surface area contributed by atoms with Crippen LogP contribution in [-0.4, -0.2) is 25.8 Å². The Hall–Kier alpha value is -2.79. The monoisotopic (exact) mass is 340 g/mol. The minimum absolute atomic E-state index is 0.122. The molecule has 0 unspecified atom stereocenters. The minimum Gasteiger partial charge on any atom is -0.393 e. The van der Waals surface area contributed by atoms with Crippen molar-refractivity contribution in [3.05, 3.63) is 65.3 Å². The first-order valence-electron chi connectivity index (χ1n) is 7.43. The Morgan fingerprint density at radius 3 is 2.50 bits per heavy atom. The van der Waals surface area contributed by atoms with Gasteiger partial charge < -0.3 is 10.2 Å². The molecule has 0 spiro atoms. The maximum absolute atomic E-state index is 13.2. The number of hydrogen-bond donors (Lipinski definition) is 2. The Morgan fingerprint density at radius 1 is 1.12 bits per heavy atom. The number of benzene rings is 2. The van der Waals surface area contributed by atoms with Gasteiger partial charge in [0, 0.05) is 31.0 Å². The van der Waals surface area contributed by atoms with E-state index in [0.29, 0.717) is 10.7 Å². The van der Waals surface area contributed by atoms with Crippen LogP contribution < -0.4 is 15.1 Å². The predicted octanol–water partition coefficient (Wildman–Crippen LogP) is 3.54. The number of nitrogens with one attached hydrogen (secondary N) is 2. The number of rotatable bonds is 2. The van der Waals surface area contributed by atoms with Crippen LogP contribution in [0.3, 0.4) is 0 Å². The third-order valence-electron chi connectivity index (χ3n) is 3.87. The van der Waals surface area contributed by atoms with E-state index in [2.05, 4.69) is 5.32 Å². The van der Waals surface area contributed by atoms with Crippen LogP contribution in [0.1, 0.15) is 0 Å². The van der Waals surface area contributed by atoms with Gasteiger partial charge in [0.2, 0.25) is 0 Å². The zero-order valence-electron chi connectivity index (χ0n) is 13.4. The summed E-state index contributed by atoms with van der Waals surface area (Å²) < 4.78 is 0. The largest absolute Gasteiger partial charge is 0.393 e. The zero-order chi connectivity index (χ0) is 17.3. The van der Waals surface area contributed by atoms with Crippen molar-refractivity contribution in [3.63, 3.8) is 0 Å². The van der Waals surface area contributed by atoms with Crippen LogP contribution in [0.15, 0.2) is 60.3 Å². The first-order valence-corrected chi connectivity index (χ1v) is 7.81. The van der Waals surface area contributed by atoms with Crippen molar-refractivity contribution in [2.75, 3.05) is 23.9 Å². The summed E-state index contributed by atoms with van der Waals surface area (Å²) in [4.78, 5) is 16.4. The normalized spacial score (nSPS) is 16.2. The topological polar surface area (TPSA) is 59.4 Å². The molecule has 1 aliphatic heterocycles. The van der Waals surface area contributed by atoms with Gasteiger partial charge in [-0.25, -0.2) is 0 Å². The highest BCUT2D eigenvalue weighted by atomic mass is 35.5. The second kappa shape index (κ2) is 6.37. The first-order chi connectivity index (χ1) is 11.5. The van der Waals surface area contributed by atoms with Crippen LogP contribution in [0, 0.1) is 5.41 Å². The summed E-state index contributed by atoms with van der Waals surface area (Å²) >= 11 is 6.17. The molecule has 0 atom stereocenters. The second-order valence-electron chi connectivity index (χ2n) is 5.36. The van der Waals surface area contributed by atoms with Gasteiger partial charge in [0.05, 0.1) is 16.9 Å². The van der Waals surface area contributed by atoms with E-state index in [1.165, 1.54) is 0 Å². The lowest BCUT2D eigenvalue weighted by molar-refractivity contribution is -0.114. The molecular formula is C18H17ClN4O. The van der Waals surface area contributed by atoms with E-state index in [0.717, 1.165) is 11.4 Å². The summed E-state index contributed by atoms with van der Waals surface area (Å²) in [6.45, 7) is 0. The molecule has 3 rings (SSSR count). The van der Waals surface area contributed by atoms with Crippen molar-refractivity contribution >= 4 is 40.4 Å². The molecule has 0 saturated heterocycles. The third kappa shape index (κ3) is 2.63. The molecule has 1 aliphatic rings. The molecule has 0 saturated carbocycles. The number of hydrogen-bond acceptors (Lipinski definition) is 3. The minimum atomic E-state index is -0.284. The molecule has 2 aromatic carbocycles. The van der Waals surface area contributed by atoms with Gasteiger partial charge >= 0.3 is 0 Å². The molecule has 24 heavy (non-hydrogen) atoms. The van der Waals surface area contributed by atoms with Gasteiger partial charge in [0.15, 0.2) is 0 Å². The average Bonchev–Trinajstić information content (AvgIpc) is 2.66. The Bertz CT molecular complexity index is 832. The molecule has 122 valence electrons. The molecule has 5 nitrogen and oxygen atoms in total. The fraction of sp³-hybridized carbons (Fsp3) is 0.111. The van der Waals surface area contributed by atoms with E-state index in [1.807, 2.05) is 36.4 Å². The summed E-state index contributed by atoms with van der Waals surface area (Å²) in [5, 5.41) is 11.8. The van der Waals surface area contributed by atoms with Crippen molar-refractivity contribution < 1.29 is 4.79 Å². The number of amides is 1. The van der Waals surface area contributed by atoms with Gasteiger partial charge in [-0.15, -0.1) is 0 Å². The molecule has 2 aromatic rings. The predicted molar refractivity (Wildman–Crippen MR) is 98.3 cm³/mol. The van der Waals surface area contributed by atoms with E-state index in [4.69, 9.17) is 17.0 Å². The van der Waals surface area contributed by atoms with Crippen molar-refractivity contribution in [2.24, 2.45) is 0 Å². The third-order valence-corrected chi connectivity index (χ3v) is 4.10. The van der Waals surface area contributed by atoms with Crippen molar-refractivity contribution in [1.82, 2.24) is 5.32 Å². The molecule has 0 bridgehead atoms. The Labute approximate surface area is 145 Å². The highest BCUT2D eigenvalue weighted by Crippen LogP contribution is 2.39. The lowest BCUT2D eigenvalue weighted by atomic mass is 10.2. The Morgan fingerprint density at radius 2 is 1.83 bits per heavy atom. The summed E-state index contributed by atoms with van der Waals surface area (Å²) in [5.41, 5.74) is 2.37. The van der Waals surface area contributed by atoms with E-state index in [-0.39, 0.29) is 17.3 Å². The summed E-state index contributed by atoms with van der Waals surface area (Å²) in [7, 11) is 3.47. The average molecular weight is 341 g/mol. The second-order valence-corrected chi connectivity index (χ2v) is 5.80. The maximum Gasteiger partial charge on any atom is 0.268 e. The van der Waals surface area contributed by atoms with Gasteiger partial charge in [0.25, 0.3) is 5.91 Å². The Balaban J connectivity index is 2.30. The molecule has 2 N–H and O–H groups in total. The van der Waals surface area contributed by atoms with Crippen molar-refractivity contribution in [1.29, 1.82) is 5.41 Å². The lowest BCUT2D eigenvalue weighted by Gasteiger charge is -2.24. The van der Waals surface area contributed by atoms with Crippen LogP contribution in [0.2, 0.25) is 5.02 Å². The van der Waals surface area contributed by atoms with Gasteiger partial charge in [-0.3, -0.25) is 15.1 Å². The van der Waals surface area contributed by atoms with Crippen LogP contribution in [-0.2, 0) is 4.79 Å². The quantitative estimate of drug-likeness (QED) is 0.822. The maximum atomic E-state index is 13.2. The number of carbonyl (C=O) groups excluding carboxylic acids is 1. The van der Waals surface area contributed by atoms with E-state index < -0.39 is 0 Å². The number of halogens is 1. The van der Waals surface area contributed by atoms with E-state index in [1.54, 1.807) is 42.2 Å². The number of carbonyl (C=O) groups is 1. The first kappa shape index (κ1) is 16.1. The SMILES string of the molecule is CN/C=C1\C(=N)N(C)c2ccc(Cl)cc2N(c2ccccc2)C1=O. The summed E-state index contributed by atoms with van der Waals surface area (Å²) in [6, 6.07) is 14.7. The van der Waals surface area contributed by atoms with Gasteiger partial charge in [0.1, 0.15) is 5.84 Å². The molecular weight excluding hydrogens is 324 g/mol. The van der Waals surface area contributed by atoms with Crippen LogP contribution in [0.25, 0.3) is 0 Å². The number of anilines is 3. The molecule has 0 aromatic heterocycles. The summed E-state index contributed by atoms with van der Waals surface area (Å²) in [6.07, 6.45) is 1.55. The fourth-order valence-electron chi connectivity index (χ4n) is 2.70. The fourth-order valence-corrected chi connectivity index (χ4v) is 2.87. The van der Waals surface area contributed by atoms with Crippen LogP contribution in [0.5, 0.6) is 0 Å². The number of nitrogens with zero attached hydrogens (tertiary/aromatic N) is 2. The molecule has 1 heterocycles. The highest BCUT2D eigenvalue weighted by Gasteiger charge is 2.33. The van der Waals surface area contributed by atoms with E-state index >= 15 is 0 Å². The lowest BCUT2D eigenvalue weighted by Crippen LogP contribution is -2.32. The van der Waals surface area contributed by atoms with Crippen molar-refractivity contribution in [2.45, 2.75) is 0 Å². The Kier molecular flexibility index (Phi) is 4.27. The molecule has 1 amide bonds. The number of likely N-dealkylation sites (N-methyl/N-ethyl adjacent to an activating group) is 1. The number of para-hydroxylation sites is 1. The number of amidine groups is 1. The standard InChI is InChI=1S/C18H17ClN4O/c1-21-11-14-17(20)22(2)15-9-8-12(19)10-16(15)23(18(14)24)13-6-4-3-5-7-13/h3-11,20-21H,1-2H3/b14-11+,20-17?. The number of fused-ring (bicyclic) bond motifs is 1.